The lowest BCUT2D eigenvalue weighted by Crippen LogP contribution is -2.39. The van der Waals surface area contributed by atoms with Crippen LogP contribution in [0.2, 0.25) is 0 Å². The van der Waals surface area contributed by atoms with Crippen LogP contribution in [0, 0.1) is 5.82 Å². The van der Waals surface area contributed by atoms with Crippen molar-refractivity contribution in [2.45, 2.75) is 58.2 Å². The Balaban J connectivity index is 2.10. The van der Waals surface area contributed by atoms with E-state index in [-0.39, 0.29) is 12.4 Å². The number of benzene rings is 1. The van der Waals surface area contributed by atoms with E-state index in [2.05, 4.69) is 11.8 Å². The van der Waals surface area contributed by atoms with Gasteiger partial charge >= 0.3 is 0 Å². The summed E-state index contributed by atoms with van der Waals surface area (Å²) in [6, 6.07) is 6.21. The van der Waals surface area contributed by atoms with Crippen LogP contribution in [0.15, 0.2) is 18.2 Å². The molecule has 19 heavy (non-hydrogen) atoms. The molecule has 0 saturated carbocycles. The van der Waals surface area contributed by atoms with E-state index in [9.17, 15) is 4.39 Å². The minimum atomic E-state index is -0.106. The molecule has 0 spiro atoms. The van der Waals surface area contributed by atoms with Crippen LogP contribution < -0.4 is 5.73 Å². The number of nitrogens with two attached hydrogens (primary N) is 1. The molecule has 2 nitrogen and oxygen atoms in total. The second-order valence-corrected chi connectivity index (χ2v) is 5.50. The van der Waals surface area contributed by atoms with E-state index in [1.165, 1.54) is 32.1 Å². The average Bonchev–Trinajstić information content (AvgIpc) is 2.43. The summed E-state index contributed by atoms with van der Waals surface area (Å²) in [5.74, 6) is -0.106. The van der Waals surface area contributed by atoms with Gasteiger partial charge in [0.2, 0.25) is 0 Å². The second kappa shape index (κ2) is 7.01. The van der Waals surface area contributed by atoms with Crippen molar-refractivity contribution in [1.29, 1.82) is 0 Å². The van der Waals surface area contributed by atoms with Crippen LogP contribution in [-0.2, 0) is 13.1 Å². The third-order valence-corrected chi connectivity index (χ3v) is 4.12. The molecule has 0 amide bonds. The van der Waals surface area contributed by atoms with Crippen molar-refractivity contribution in [3.8, 4) is 0 Å². The third-order valence-electron chi connectivity index (χ3n) is 4.12. The number of rotatable bonds is 5. The van der Waals surface area contributed by atoms with Gasteiger partial charge in [0.25, 0.3) is 0 Å². The van der Waals surface area contributed by atoms with Gasteiger partial charge in [0.05, 0.1) is 0 Å². The summed E-state index contributed by atoms with van der Waals surface area (Å²) >= 11 is 0. The summed E-state index contributed by atoms with van der Waals surface area (Å²) in [5.41, 5.74) is 7.00. The molecule has 3 heteroatoms. The normalized spacial score (nSPS) is 20.7. The smallest absolute Gasteiger partial charge is 0.132 e. The van der Waals surface area contributed by atoms with Gasteiger partial charge in [-0.25, -0.2) is 4.39 Å². The summed E-state index contributed by atoms with van der Waals surface area (Å²) in [6.45, 7) is 4.32. The molecule has 0 radical (unpaired) electrons. The van der Waals surface area contributed by atoms with Crippen molar-refractivity contribution >= 4 is 0 Å². The van der Waals surface area contributed by atoms with Crippen LogP contribution in [0.1, 0.15) is 50.2 Å². The fourth-order valence-electron chi connectivity index (χ4n) is 3.06. The van der Waals surface area contributed by atoms with Gasteiger partial charge in [-0.05, 0) is 25.8 Å². The predicted molar refractivity (Wildman–Crippen MR) is 77.2 cm³/mol. The van der Waals surface area contributed by atoms with Gasteiger partial charge in [0, 0.05) is 30.3 Å². The summed E-state index contributed by atoms with van der Waals surface area (Å²) in [4.78, 5) is 2.45. The first-order chi connectivity index (χ1) is 9.26. The highest BCUT2D eigenvalue weighted by atomic mass is 19.1. The van der Waals surface area contributed by atoms with Gasteiger partial charge in [-0.3, -0.25) is 4.90 Å². The Bertz CT molecular complexity index is 404. The lowest BCUT2D eigenvalue weighted by molar-refractivity contribution is 0.130. The molecule has 0 aromatic heterocycles. The number of nitrogens with zero attached hydrogens (tertiary/aromatic N) is 1. The van der Waals surface area contributed by atoms with Crippen LogP contribution in [0.4, 0.5) is 4.39 Å². The summed E-state index contributed by atoms with van der Waals surface area (Å²) in [7, 11) is 0. The van der Waals surface area contributed by atoms with E-state index in [4.69, 9.17) is 5.73 Å². The largest absolute Gasteiger partial charge is 0.326 e. The van der Waals surface area contributed by atoms with E-state index < -0.39 is 0 Å². The monoisotopic (exact) mass is 264 g/mol. The van der Waals surface area contributed by atoms with Crippen molar-refractivity contribution < 1.29 is 4.39 Å². The molecule has 106 valence electrons. The zero-order valence-corrected chi connectivity index (χ0v) is 11.9. The standard InChI is InChI=1S/C16H25FN2/c1-2-6-15-9-3-4-10-19(15)12-14-8-5-7-13(11-18)16(14)17/h5,7-8,15H,2-4,6,9-12,18H2,1H3. The Morgan fingerprint density at radius 2 is 2.11 bits per heavy atom. The van der Waals surface area contributed by atoms with Crippen molar-refractivity contribution in [1.82, 2.24) is 4.90 Å². The van der Waals surface area contributed by atoms with E-state index >= 15 is 0 Å². The Hall–Kier alpha value is -0.930. The van der Waals surface area contributed by atoms with E-state index in [1.54, 1.807) is 6.07 Å². The lowest BCUT2D eigenvalue weighted by Gasteiger charge is -2.36. The highest BCUT2D eigenvalue weighted by Crippen LogP contribution is 2.24. The summed E-state index contributed by atoms with van der Waals surface area (Å²) in [5, 5.41) is 0. The number of likely N-dealkylation sites (tertiary alicyclic amines) is 1. The van der Waals surface area contributed by atoms with E-state index in [1.807, 2.05) is 12.1 Å². The molecule has 1 atom stereocenters. The molecule has 0 aliphatic carbocycles. The van der Waals surface area contributed by atoms with Crippen molar-refractivity contribution in [2.75, 3.05) is 6.54 Å². The molecule has 0 bridgehead atoms. The van der Waals surface area contributed by atoms with Crippen LogP contribution in [0.25, 0.3) is 0 Å². The molecule has 1 aliphatic heterocycles. The molecule has 1 heterocycles. The minimum absolute atomic E-state index is 0.106. The molecule has 1 aliphatic rings. The zero-order valence-electron chi connectivity index (χ0n) is 11.9. The maximum absolute atomic E-state index is 14.2. The van der Waals surface area contributed by atoms with Gasteiger partial charge in [-0.15, -0.1) is 0 Å². The number of piperidine rings is 1. The predicted octanol–water partition coefficient (Wildman–Crippen LogP) is 3.44. The van der Waals surface area contributed by atoms with E-state index in [0.717, 1.165) is 18.7 Å². The van der Waals surface area contributed by atoms with Gasteiger partial charge in [-0.1, -0.05) is 38.0 Å². The SMILES string of the molecule is CCCC1CCCCN1Cc1cccc(CN)c1F. The van der Waals surface area contributed by atoms with Crippen LogP contribution in [0.3, 0.4) is 0 Å². The maximum atomic E-state index is 14.2. The average molecular weight is 264 g/mol. The first kappa shape index (κ1) is 14.5. The topological polar surface area (TPSA) is 29.3 Å². The molecule has 1 unspecified atom stereocenters. The first-order valence-electron chi connectivity index (χ1n) is 7.46. The number of hydrogen-bond donors (Lipinski definition) is 1. The fourth-order valence-corrected chi connectivity index (χ4v) is 3.06. The quantitative estimate of drug-likeness (QED) is 0.882. The minimum Gasteiger partial charge on any atom is -0.326 e. The first-order valence-corrected chi connectivity index (χ1v) is 7.46. The molecular weight excluding hydrogens is 239 g/mol. The zero-order chi connectivity index (χ0) is 13.7. The van der Waals surface area contributed by atoms with Crippen LogP contribution >= 0.6 is 0 Å². The second-order valence-electron chi connectivity index (χ2n) is 5.50. The Morgan fingerprint density at radius 3 is 2.84 bits per heavy atom. The third kappa shape index (κ3) is 3.54. The van der Waals surface area contributed by atoms with Crippen LogP contribution in [-0.4, -0.2) is 17.5 Å². The molecule has 1 aromatic carbocycles. The van der Waals surface area contributed by atoms with Crippen molar-refractivity contribution in [3.63, 3.8) is 0 Å². The molecule has 1 aromatic rings. The maximum Gasteiger partial charge on any atom is 0.132 e. The Kier molecular flexibility index (Phi) is 5.34. The van der Waals surface area contributed by atoms with E-state index in [0.29, 0.717) is 11.6 Å². The highest BCUT2D eigenvalue weighted by molar-refractivity contribution is 5.26. The Labute approximate surface area is 115 Å². The number of halogens is 1. The van der Waals surface area contributed by atoms with Crippen molar-refractivity contribution in [2.24, 2.45) is 5.73 Å². The number of hydrogen-bond acceptors (Lipinski definition) is 2. The lowest BCUT2D eigenvalue weighted by atomic mass is 9.97. The summed E-state index contributed by atoms with van der Waals surface area (Å²) in [6.07, 6.45) is 6.22. The molecule has 1 saturated heterocycles. The highest BCUT2D eigenvalue weighted by Gasteiger charge is 2.22. The molecular formula is C16H25FN2. The Morgan fingerprint density at radius 1 is 1.32 bits per heavy atom. The summed E-state index contributed by atoms with van der Waals surface area (Å²) < 4.78 is 14.2. The van der Waals surface area contributed by atoms with Crippen molar-refractivity contribution in [3.05, 3.63) is 35.1 Å². The fraction of sp³-hybridized carbons (Fsp3) is 0.625. The molecule has 1 fully saturated rings. The van der Waals surface area contributed by atoms with Gasteiger partial charge in [0.1, 0.15) is 5.82 Å². The molecule has 2 rings (SSSR count). The van der Waals surface area contributed by atoms with Crippen LogP contribution in [0.5, 0.6) is 0 Å². The van der Waals surface area contributed by atoms with Gasteiger partial charge in [-0.2, -0.15) is 0 Å². The molecule has 2 N–H and O–H groups in total. The van der Waals surface area contributed by atoms with Gasteiger partial charge < -0.3 is 5.73 Å². The van der Waals surface area contributed by atoms with Gasteiger partial charge in [0.15, 0.2) is 0 Å².